The summed E-state index contributed by atoms with van der Waals surface area (Å²) in [6, 6.07) is 10.1. The van der Waals surface area contributed by atoms with Crippen molar-refractivity contribution in [3.05, 3.63) is 53.3 Å². The van der Waals surface area contributed by atoms with Gasteiger partial charge in [-0.2, -0.15) is 18.3 Å². The lowest BCUT2D eigenvalue weighted by molar-refractivity contribution is -0.141. The Bertz CT molecular complexity index is 682. The predicted octanol–water partition coefficient (Wildman–Crippen LogP) is 4.65. The van der Waals surface area contributed by atoms with E-state index in [2.05, 4.69) is 17.1 Å². The molecule has 0 radical (unpaired) electrons. The van der Waals surface area contributed by atoms with Gasteiger partial charge in [0.2, 0.25) is 0 Å². The molecule has 2 rings (SSSR count). The fourth-order valence-electron chi connectivity index (χ4n) is 2.59. The number of carbonyl (C=O) groups excluding carboxylic acids is 1. The Kier molecular flexibility index (Phi) is 6.22. The van der Waals surface area contributed by atoms with Gasteiger partial charge in [0.05, 0.1) is 0 Å². The van der Waals surface area contributed by atoms with Crippen LogP contribution in [0.3, 0.4) is 0 Å². The molecule has 1 aromatic heterocycles. The van der Waals surface area contributed by atoms with Crippen molar-refractivity contribution in [1.82, 2.24) is 15.1 Å². The molecule has 1 unspecified atom stereocenters. The van der Waals surface area contributed by atoms with E-state index in [1.54, 1.807) is 4.90 Å². The van der Waals surface area contributed by atoms with Crippen molar-refractivity contribution in [3.63, 3.8) is 0 Å². The molecule has 7 heteroatoms. The number of amides is 1. The molecule has 0 spiro atoms. The summed E-state index contributed by atoms with van der Waals surface area (Å²) < 4.78 is 38.2. The largest absolute Gasteiger partial charge is 0.435 e. The van der Waals surface area contributed by atoms with Gasteiger partial charge in [-0.25, -0.2) is 0 Å². The third kappa shape index (κ3) is 5.08. The average Bonchev–Trinajstić information content (AvgIpc) is 3.08. The summed E-state index contributed by atoms with van der Waals surface area (Å²) in [6.45, 7) is 4.31. The van der Waals surface area contributed by atoms with Gasteiger partial charge in [0.25, 0.3) is 5.91 Å². The molecule has 25 heavy (non-hydrogen) atoms. The second kappa shape index (κ2) is 8.18. The van der Waals surface area contributed by atoms with Crippen LogP contribution in [0.4, 0.5) is 13.2 Å². The van der Waals surface area contributed by atoms with Gasteiger partial charge in [-0.15, -0.1) is 0 Å². The number of alkyl halides is 3. The van der Waals surface area contributed by atoms with Crippen molar-refractivity contribution in [2.75, 3.05) is 0 Å². The molecule has 0 aliphatic carbocycles. The van der Waals surface area contributed by atoms with E-state index >= 15 is 0 Å². The quantitative estimate of drug-likeness (QED) is 0.788. The zero-order chi connectivity index (χ0) is 18.4. The minimum Gasteiger partial charge on any atom is -0.330 e. The van der Waals surface area contributed by atoms with E-state index in [9.17, 15) is 18.0 Å². The number of nitrogens with zero attached hydrogens (tertiary/aromatic N) is 2. The van der Waals surface area contributed by atoms with Crippen molar-refractivity contribution in [2.24, 2.45) is 0 Å². The Hall–Kier alpha value is -2.31. The van der Waals surface area contributed by atoms with Crippen LogP contribution in [-0.4, -0.2) is 27.0 Å². The molecule has 0 aliphatic heterocycles. The Morgan fingerprint density at radius 2 is 1.96 bits per heavy atom. The van der Waals surface area contributed by atoms with E-state index in [0.717, 1.165) is 30.9 Å². The van der Waals surface area contributed by atoms with E-state index < -0.39 is 17.8 Å². The number of rotatable bonds is 7. The van der Waals surface area contributed by atoms with E-state index in [0.29, 0.717) is 6.54 Å². The maximum atomic E-state index is 12.8. The molecule has 1 atom stereocenters. The van der Waals surface area contributed by atoms with Crippen LogP contribution in [0.1, 0.15) is 54.9 Å². The molecular formula is C18H22F3N3O. The highest BCUT2D eigenvalue weighted by atomic mass is 19.4. The number of nitrogens with one attached hydrogen (secondary N) is 1. The van der Waals surface area contributed by atoms with E-state index in [-0.39, 0.29) is 11.7 Å². The van der Waals surface area contributed by atoms with Crippen molar-refractivity contribution >= 4 is 5.91 Å². The third-order valence-electron chi connectivity index (χ3n) is 4.06. The van der Waals surface area contributed by atoms with Gasteiger partial charge in [-0.05, 0) is 18.9 Å². The second-order valence-corrected chi connectivity index (χ2v) is 6.07. The first-order valence-corrected chi connectivity index (χ1v) is 8.30. The highest BCUT2D eigenvalue weighted by Gasteiger charge is 2.35. The first kappa shape index (κ1) is 19.0. The number of unbranched alkanes of at least 4 members (excludes halogenated alkanes) is 1. The summed E-state index contributed by atoms with van der Waals surface area (Å²) >= 11 is 0. The van der Waals surface area contributed by atoms with Gasteiger partial charge >= 0.3 is 6.18 Å². The van der Waals surface area contributed by atoms with Crippen molar-refractivity contribution in [3.8, 4) is 0 Å². The van der Waals surface area contributed by atoms with Gasteiger partial charge in [0.15, 0.2) is 5.69 Å². The van der Waals surface area contributed by atoms with Gasteiger partial charge < -0.3 is 4.90 Å². The topological polar surface area (TPSA) is 49.0 Å². The van der Waals surface area contributed by atoms with Crippen LogP contribution in [0, 0.1) is 0 Å². The van der Waals surface area contributed by atoms with Gasteiger partial charge in [0.1, 0.15) is 5.69 Å². The van der Waals surface area contributed by atoms with Crippen LogP contribution in [0.2, 0.25) is 0 Å². The number of benzene rings is 1. The molecule has 1 heterocycles. The van der Waals surface area contributed by atoms with Gasteiger partial charge in [0, 0.05) is 18.7 Å². The minimum atomic E-state index is -4.58. The van der Waals surface area contributed by atoms with Crippen LogP contribution < -0.4 is 0 Å². The summed E-state index contributed by atoms with van der Waals surface area (Å²) in [7, 11) is 0. The number of aromatic amines is 1. The SMILES string of the molecule is CCCCC(C)N(Cc1ccccc1)C(=O)c1cc(C(F)(F)F)n[nH]1. The lowest BCUT2D eigenvalue weighted by Crippen LogP contribution is -2.38. The molecule has 0 saturated carbocycles. The van der Waals surface area contributed by atoms with Gasteiger partial charge in [-0.3, -0.25) is 9.89 Å². The molecule has 1 N–H and O–H groups in total. The van der Waals surface area contributed by atoms with Crippen molar-refractivity contribution < 1.29 is 18.0 Å². The van der Waals surface area contributed by atoms with E-state index in [1.165, 1.54) is 0 Å². The Morgan fingerprint density at radius 1 is 1.28 bits per heavy atom. The Balaban J connectivity index is 2.24. The molecule has 2 aromatic rings. The average molecular weight is 353 g/mol. The first-order valence-electron chi connectivity index (χ1n) is 8.30. The van der Waals surface area contributed by atoms with Crippen LogP contribution in [0.5, 0.6) is 0 Å². The third-order valence-corrected chi connectivity index (χ3v) is 4.06. The van der Waals surface area contributed by atoms with Crippen molar-refractivity contribution in [2.45, 2.75) is 51.9 Å². The zero-order valence-corrected chi connectivity index (χ0v) is 14.3. The van der Waals surface area contributed by atoms with Crippen LogP contribution in [-0.2, 0) is 12.7 Å². The summed E-state index contributed by atoms with van der Waals surface area (Å²) in [5, 5.41) is 5.45. The Labute approximate surface area is 145 Å². The number of H-pyrrole nitrogens is 1. The summed E-state index contributed by atoms with van der Waals surface area (Å²) in [4.78, 5) is 14.4. The molecule has 4 nitrogen and oxygen atoms in total. The molecule has 0 saturated heterocycles. The zero-order valence-electron chi connectivity index (χ0n) is 14.3. The fourth-order valence-corrected chi connectivity index (χ4v) is 2.59. The van der Waals surface area contributed by atoms with E-state index in [4.69, 9.17) is 0 Å². The molecule has 0 aliphatic rings. The first-order chi connectivity index (χ1) is 11.8. The number of carbonyl (C=O) groups is 1. The molecule has 1 aromatic carbocycles. The Morgan fingerprint density at radius 3 is 2.52 bits per heavy atom. The highest BCUT2D eigenvalue weighted by Crippen LogP contribution is 2.28. The minimum absolute atomic E-state index is 0.0923. The maximum Gasteiger partial charge on any atom is 0.435 e. The van der Waals surface area contributed by atoms with Crippen LogP contribution in [0.25, 0.3) is 0 Å². The molecule has 1 amide bonds. The normalized spacial score (nSPS) is 12.8. The standard InChI is InChI=1S/C18H22F3N3O/c1-3-4-8-13(2)24(12-14-9-6-5-7-10-14)17(25)15-11-16(23-22-15)18(19,20)21/h5-7,9-11,13H,3-4,8,12H2,1-2H3,(H,22,23). The lowest BCUT2D eigenvalue weighted by atomic mass is 10.1. The number of hydrogen-bond donors (Lipinski definition) is 1. The van der Waals surface area contributed by atoms with Crippen LogP contribution in [0.15, 0.2) is 36.4 Å². The van der Waals surface area contributed by atoms with E-state index in [1.807, 2.05) is 37.3 Å². The summed E-state index contributed by atoms with van der Waals surface area (Å²) in [5.41, 5.74) is -0.307. The monoisotopic (exact) mass is 353 g/mol. The van der Waals surface area contributed by atoms with Crippen molar-refractivity contribution in [1.29, 1.82) is 0 Å². The van der Waals surface area contributed by atoms with Gasteiger partial charge in [-0.1, -0.05) is 50.1 Å². The summed E-state index contributed by atoms with van der Waals surface area (Å²) in [5.74, 6) is -0.476. The maximum absolute atomic E-state index is 12.8. The summed E-state index contributed by atoms with van der Waals surface area (Å²) in [6.07, 6.45) is -1.86. The number of halogens is 3. The molecule has 0 fully saturated rings. The smallest absolute Gasteiger partial charge is 0.330 e. The molecule has 0 bridgehead atoms. The molecular weight excluding hydrogens is 331 g/mol. The number of hydrogen-bond acceptors (Lipinski definition) is 2. The number of aromatic nitrogens is 2. The molecule has 136 valence electrons. The second-order valence-electron chi connectivity index (χ2n) is 6.07. The predicted molar refractivity (Wildman–Crippen MR) is 88.9 cm³/mol. The lowest BCUT2D eigenvalue weighted by Gasteiger charge is -2.29. The highest BCUT2D eigenvalue weighted by molar-refractivity contribution is 5.92. The fraction of sp³-hybridized carbons (Fsp3) is 0.444. The van der Waals surface area contributed by atoms with Crippen LogP contribution >= 0.6 is 0 Å².